The van der Waals surface area contributed by atoms with Crippen molar-refractivity contribution < 1.29 is 24.6 Å². The molecule has 0 saturated heterocycles. The van der Waals surface area contributed by atoms with E-state index in [1.54, 1.807) is 0 Å². The van der Waals surface area contributed by atoms with E-state index in [4.69, 9.17) is 15.9 Å². The lowest BCUT2D eigenvalue weighted by Crippen LogP contribution is -2.52. The minimum absolute atomic E-state index is 0.361. The van der Waals surface area contributed by atoms with Gasteiger partial charge < -0.3 is 26.6 Å². The zero-order valence-electron chi connectivity index (χ0n) is 10.9. The number of aliphatic carboxylic acids is 1. The number of nitrogens with two attached hydrogens (primary N) is 1. The maximum absolute atomic E-state index is 11.8. The molecule has 8 heteroatoms. The van der Waals surface area contributed by atoms with Crippen LogP contribution in [0, 0.1) is 0 Å². The van der Waals surface area contributed by atoms with Gasteiger partial charge in [-0.3, -0.25) is 9.59 Å². The first-order chi connectivity index (χ1) is 8.92. The second-order valence-corrected chi connectivity index (χ2v) is 4.12. The highest BCUT2D eigenvalue weighted by Crippen LogP contribution is 2.01. The Morgan fingerprint density at radius 3 is 2.21 bits per heavy atom. The Morgan fingerprint density at radius 2 is 1.79 bits per heavy atom. The van der Waals surface area contributed by atoms with Crippen LogP contribution in [-0.4, -0.2) is 53.2 Å². The molecule has 110 valence electrons. The van der Waals surface area contributed by atoms with Crippen LogP contribution in [0.15, 0.2) is 0 Å². The Labute approximate surface area is 111 Å². The van der Waals surface area contributed by atoms with E-state index in [-0.39, 0.29) is 5.91 Å². The van der Waals surface area contributed by atoms with Crippen molar-refractivity contribution in [3.63, 3.8) is 0 Å². The Hall–Kier alpha value is -1.67. The van der Waals surface area contributed by atoms with E-state index in [1.807, 2.05) is 0 Å². The number of hydrogen-bond acceptors (Lipinski definition) is 5. The number of aliphatic hydroxyl groups excluding tert-OH is 1. The van der Waals surface area contributed by atoms with Crippen LogP contribution in [0.1, 0.15) is 26.2 Å². The molecule has 2 amide bonds. The molecule has 0 aromatic rings. The molecule has 0 aromatic carbocycles. The topological polar surface area (TPSA) is 142 Å². The molecule has 0 aromatic heterocycles. The fourth-order valence-corrected chi connectivity index (χ4v) is 1.46. The highest BCUT2D eigenvalue weighted by molar-refractivity contribution is 5.89. The van der Waals surface area contributed by atoms with E-state index in [0.29, 0.717) is 25.8 Å². The molecular weight excluding hydrogens is 254 g/mol. The summed E-state index contributed by atoms with van der Waals surface area (Å²) in [6.07, 6.45) is 1.69. The summed E-state index contributed by atoms with van der Waals surface area (Å²) < 4.78 is 0. The Balaban J connectivity index is 4.51. The standard InChI is InChI=1S/C11H21N3O5/c1-7(16)13-8(4-2-3-5-12)10(17)14-9(6-15)11(18)19/h8-9,15H,2-6,12H2,1H3,(H,13,16)(H,14,17)(H,18,19)/t8?,9-/m0/s1. The monoisotopic (exact) mass is 275 g/mol. The molecule has 0 fully saturated rings. The molecule has 0 aliphatic rings. The van der Waals surface area contributed by atoms with Gasteiger partial charge in [-0.2, -0.15) is 0 Å². The van der Waals surface area contributed by atoms with Crippen LogP contribution in [0.25, 0.3) is 0 Å². The van der Waals surface area contributed by atoms with Gasteiger partial charge in [0, 0.05) is 6.92 Å². The number of amides is 2. The van der Waals surface area contributed by atoms with Gasteiger partial charge >= 0.3 is 5.97 Å². The third-order valence-corrected chi connectivity index (χ3v) is 2.44. The summed E-state index contributed by atoms with van der Waals surface area (Å²) in [5.74, 6) is -2.35. The maximum atomic E-state index is 11.8. The number of rotatable bonds is 9. The molecule has 1 unspecified atom stereocenters. The molecule has 0 bridgehead atoms. The van der Waals surface area contributed by atoms with Crippen LogP contribution in [-0.2, 0) is 14.4 Å². The Kier molecular flexibility index (Phi) is 8.47. The lowest BCUT2D eigenvalue weighted by atomic mass is 10.1. The van der Waals surface area contributed by atoms with E-state index in [0.717, 1.165) is 0 Å². The van der Waals surface area contributed by atoms with Crippen molar-refractivity contribution in [2.75, 3.05) is 13.2 Å². The number of carboxylic acids is 1. The lowest BCUT2D eigenvalue weighted by molar-refractivity contribution is -0.143. The summed E-state index contributed by atoms with van der Waals surface area (Å²) in [5.41, 5.74) is 5.34. The van der Waals surface area contributed by atoms with Crippen LogP contribution in [0.4, 0.5) is 0 Å². The first-order valence-electron chi connectivity index (χ1n) is 6.03. The van der Waals surface area contributed by atoms with Gasteiger partial charge in [0.2, 0.25) is 11.8 Å². The van der Waals surface area contributed by atoms with Crippen molar-refractivity contribution in [1.82, 2.24) is 10.6 Å². The average molecular weight is 275 g/mol. The van der Waals surface area contributed by atoms with E-state index in [1.165, 1.54) is 6.92 Å². The lowest BCUT2D eigenvalue weighted by Gasteiger charge is -2.19. The molecule has 0 aliphatic heterocycles. The quantitative estimate of drug-likeness (QED) is 0.314. The molecule has 8 nitrogen and oxygen atoms in total. The van der Waals surface area contributed by atoms with Gasteiger partial charge in [-0.05, 0) is 25.8 Å². The largest absolute Gasteiger partial charge is 0.480 e. The van der Waals surface area contributed by atoms with Crippen molar-refractivity contribution in [3.05, 3.63) is 0 Å². The van der Waals surface area contributed by atoms with Gasteiger partial charge in [0.1, 0.15) is 12.1 Å². The van der Waals surface area contributed by atoms with Crippen molar-refractivity contribution in [1.29, 1.82) is 0 Å². The molecule has 0 radical (unpaired) electrons. The predicted molar refractivity (Wildman–Crippen MR) is 67.2 cm³/mol. The average Bonchev–Trinajstić information content (AvgIpc) is 2.33. The van der Waals surface area contributed by atoms with E-state index >= 15 is 0 Å². The SMILES string of the molecule is CC(=O)NC(CCCCN)C(=O)N[C@@H](CO)C(=O)O. The third-order valence-electron chi connectivity index (χ3n) is 2.44. The zero-order chi connectivity index (χ0) is 14.8. The molecule has 0 saturated carbocycles. The van der Waals surface area contributed by atoms with Gasteiger partial charge in [0.25, 0.3) is 0 Å². The van der Waals surface area contributed by atoms with E-state index < -0.39 is 30.6 Å². The Morgan fingerprint density at radius 1 is 1.16 bits per heavy atom. The van der Waals surface area contributed by atoms with E-state index in [9.17, 15) is 14.4 Å². The van der Waals surface area contributed by atoms with Crippen LogP contribution in [0.2, 0.25) is 0 Å². The Bertz CT molecular complexity index is 321. The van der Waals surface area contributed by atoms with E-state index in [2.05, 4.69) is 10.6 Å². The highest BCUT2D eigenvalue weighted by Gasteiger charge is 2.24. The molecule has 19 heavy (non-hydrogen) atoms. The number of aliphatic hydroxyl groups is 1. The van der Waals surface area contributed by atoms with Crippen molar-refractivity contribution in [3.8, 4) is 0 Å². The summed E-state index contributed by atoms with van der Waals surface area (Å²) in [5, 5.41) is 22.1. The molecular formula is C11H21N3O5. The van der Waals surface area contributed by atoms with Gasteiger partial charge in [0.15, 0.2) is 0 Å². The second-order valence-electron chi connectivity index (χ2n) is 4.12. The summed E-state index contributed by atoms with van der Waals surface area (Å²) in [6, 6.07) is -2.20. The summed E-state index contributed by atoms with van der Waals surface area (Å²) in [7, 11) is 0. The predicted octanol–water partition coefficient (Wildman–Crippen LogP) is -1.82. The number of carbonyl (C=O) groups is 3. The molecule has 0 heterocycles. The summed E-state index contributed by atoms with van der Waals surface area (Å²) >= 11 is 0. The fraction of sp³-hybridized carbons (Fsp3) is 0.727. The third kappa shape index (κ3) is 7.37. The van der Waals surface area contributed by atoms with Crippen LogP contribution in [0.5, 0.6) is 0 Å². The first-order valence-corrected chi connectivity index (χ1v) is 6.03. The first kappa shape index (κ1) is 17.3. The number of unbranched alkanes of at least 4 members (excludes halogenated alkanes) is 1. The smallest absolute Gasteiger partial charge is 0.328 e. The minimum Gasteiger partial charge on any atom is -0.480 e. The zero-order valence-corrected chi connectivity index (χ0v) is 10.9. The maximum Gasteiger partial charge on any atom is 0.328 e. The molecule has 6 N–H and O–H groups in total. The molecule has 0 aliphatic carbocycles. The fourth-order valence-electron chi connectivity index (χ4n) is 1.46. The van der Waals surface area contributed by atoms with Gasteiger partial charge in [0.05, 0.1) is 6.61 Å². The summed E-state index contributed by atoms with van der Waals surface area (Å²) in [6.45, 7) is 1.03. The molecule has 0 rings (SSSR count). The summed E-state index contributed by atoms with van der Waals surface area (Å²) in [4.78, 5) is 33.5. The van der Waals surface area contributed by atoms with Gasteiger partial charge in [-0.1, -0.05) is 0 Å². The second kappa shape index (κ2) is 9.29. The van der Waals surface area contributed by atoms with Gasteiger partial charge in [-0.25, -0.2) is 4.79 Å². The van der Waals surface area contributed by atoms with Gasteiger partial charge in [-0.15, -0.1) is 0 Å². The van der Waals surface area contributed by atoms with Crippen LogP contribution < -0.4 is 16.4 Å². The number of hydrogen-bond donors (Lipinski definition) is 5. The minimum atomic E-state index is -1.38. The van der Waals surface area contributed by atoms with Crippen LogP contribution >= 0.6 is 0 Å². The molecule has 2 atom stereocenters. The van der Waals surface area contributed by atoms with Crippen molar-refractivity contribution >= 4 is 17.8 Å². The highest BCUT2D eigenvalue weighted by atomic mass is 16.4. The van der Waals surface area contributed by atoms with Crippen LogP contribution in [0.3, 0.4) is 0 Å². The number of carboxylic acid groups (broad SMARTS) is 1. The number of carbonyl (C=O) groups excluding carboxylic acids is 2. The molecule has 0 spiro atoms. The van der Waals surface area contributed by atoms with Crippen molar-refractivity contribution in [2.24, 2.45) is 5.73 Å². The normalized spacial score (nSPS) is 13.4. The number of nitrogens with one attached hydrogen (secondary N) is 2. The van der Waals surface area contributed by atoms with Crippen molar-refractivity contribution in [2.45, 2.75) is 38.3 Å².